The first-order valence-corrected chi connectivity index (χ1v) is 10.2. The maximum absolute atomic E-state index is 12.5. The van der Waals surface area contributed by atoms with Crippen LogP contribution in [0.4, 0.5) is 5.69 Å². The number of anilines is 1. The van der Waals surface area contributed by atoms with Gasteiger partial charge in [-0.25, -0.2) is 0 Å². The molecule has 1 aliphatic rings. The van der Waals surface area contributed by atoms with E-state index in [0.717, 1.165) is 30.9 Å². The molecular formula is C21H26N2O2S. The summed E-state index contributed by atoms with van der Waals surface area (Å²) in [7, 11) is 0. The SMILES string of the molecule is Cc1c(CN2CCSCC2)cccc1NC(=O)C(C)Oc1ccccc1. The van der Waals surface area contributed by atoms with Gasteiger partial charge < -0.3 is 10.1 Å². The number of thioether (sulfide) groups is 1. The van der Waals surface area contributed by atoms with Crippen molar-refractivity contribution in [1.29, 1.82) is 0 Å². The first-order chi connectivity index (χ1) is 12.6. The smallest absolute Gasteiger partial charge is 0.265 e. The predicted molar refractivity (Wildman–Crippen MR) is 109 cm³/mol. The lowest BCUT2D eigenvalue weighted by atomic mass is 10.1. The lowest BCUT2D eigenvalue weighted by Crippen LogP contribution is -2.32. The lowest BCUT2D eigenvalue weighted by molar-refractivity contribution is -0.122. The molecular weight excluding hydrogens is 344 g/mol. The van der Waals surface area contributed by atoms with Crippen LogP contribution in [-0.2, 0) is 11.3 Å². The Morgan fingerprint density at radius 1 is 1.15 bits per heavy atom. The standard InChI is InChI=1S/C21H26N2O2S/c1-16-18(15-23-11-13-26-14-12-23)7-6-10-20(16)22-21(24)17(2)25-19-8-4-3-5-9-19/h3-10,17H,11-15H2,1-2H3,(H,22,24). The average Bonchev–Trinajstić information content (AvgIpc) is 2.66. The summed E-state index contributed by atoms with van der Waals surface area (Å²) < 4.78 is 5.72. The van der Waals surface area contributed by atoms with E-state index in [1.165, 1.54) is 17.1 Å². The number of hydrogen-bond donors (Lipinski definition) is 1. The van der Waals surface area contributed by atoms with E-state index in [1.54, 1.807) is 6.92 Å². The molecule has 2 aromatic carbocycles. The minimum absolute atomic E-state index is 0.136. The van der Waals surface area contributed by atoms with Crippen molar-refractivity contribution in [3.8, 4) is 5.75 Å². The number of para-hydroxylation sites is 1. The van der Waals surface area contributed by atoms with Gasteiger partial charge in [-0.15, -0.1) is 0 Å². The zero-order valence-corrected chi connectivity index (χ0v) is 16.2. The van der Waals surface area contributed by atoms with E-state index in [0.29, 0.717) is 5.75 Å². The minimum atomic E-state index is -0.556. The first kappa shape index (κ1) is 18.8. The molecule has 2 aromatic rings. The summed E-state index contributed by atoms with van der Waals surface area (Å²) in [5.74, 6) is 2.96. The Balaban J connectivity index is 1.63. The Bertz CT molecular complexity index is 730. The highest BCUT2D eigenvalue weighted by Crippen LogP contribution is 2.22. The van der Waals surface area contributed by atoms with Crippen molar-refractivity contribution in [1.82, 2.24) is 4.90 Å². The molecule has 0 saturated carbocycles. The summed E-state index contributed by atoms with van der Waals surface area (Å²) in [6, 6.07) is 15.5. The fourth-order valence-corrected chi connectivity index (χ4v) is 3.96. The minimum Gasteiger partial charge on any atom is -0.481 e. The second kappa shape index (κ2) is 9.10. The van der Waals surface area contributed by atoms with E-state index < -0.39 is 6.10 Å². The molecule has 0 spiro atoms. The molecule has 1 atom stereocenters. The number of carbonyl (C=O) groups excluding carboxylic acids is 1. The molecule has 0 bridgehead atoms. The summed E-state index contributed by atoms with van der Waals surface area (Å²) >= 11 is 2.02. The van der Waals surface area contributed by atoms with Gasteiger partial charge in [-0.1, -0.05) is 30.3 Å². The summed E-state index contributed by atoms with van der Waals surface area (Å²) in [5.41, 5.74) is 3.26. The summed E-state index contributed by atoms with van der Waals surface area (Å²) in [4.78, 5) is 15.0. The average molecular weight is 371 g/mol. The molecule has 0 aromatic heterocycles. The number of nitrogens with zero attached hydrogens (tertiary/aromatic N) is 1. The topological polar surface area (TPSA) is 41.6 Å². The van der Waals surface area contributed by atoms with E-state index in [-0.39, 0.29) is 5.91 Å². The zero-order chi connectivity index (χ0) is 18.4. The van der Waals surface area contributed by atoms with Crippen molar-refractivity contribution in [2.45, 2.75) is 26.5 Å². The van der Waals surface area contributed by atoms with Crippen LogP contribution in [0.2, 0.25) is 0 Å². The molecule has 1 fully saturated rings. The van der Waals surface area contributed by atoms with Crippen molar-refractivity contribution in [3.63, 3.8) is 0 Å². The van der Waals surface area contributed by atoms with Crippen LogP contribution in [0, 0.1) is 6.92 Å². The fourth-order valence-electron chi connectivity index (χ4n) is 2.98. The van der Waals surface area contributed by atoms with E-state index in [4.69, 9.17) is 4.74 Å². The molecule has 138 valence electrons. The first-order valence-electron chi connectivity index (χ1n) is 9.04. The fraction of sp³-hybridized carbons (Fsp3) is 0.381. The highest BCUT2D eigenvalue weighted by molar-refractivity contribution is 7.99. The lowest BCUT2D eigenvalue weighted by Gasteiger charge is -2.27. The van der Waals surface area contributed by atoms with Gasteiger partial charge in [0.25, 0.3) is 5.91 Å². The number of hydrogen-bond acceptors (Lipinski definition) is 4. The van der Waals surface area contributed by atoms with Crippen molar-refractivity contribution in [2.75, 3.05) is 29.9 Å². The maximum Gasteiger partial charge on any atom is 0.265 e. The Morgan fingerprint density at radius 3 is 2.62 bits per heavy atom. The van der Waals surface area contributed by atoms with Crippen LogP contribution in [0.1, 0.15) is 18.1 Å². The number of benzene rings is 2. The molecule has 1 aliphatic heterocycles. The number of carbonyl (C=O) groups is 1. The highest BCUT2D eigenvalue weighted by atomic mass is 32.2. The second-order valence-electron chi connectivity index (χ2n) is 6.54. The summed E-state index contributed by atoms with van der Waals surface area (Å²) in [5, 5.41) is 3.02. The normalized spacial score (nSPS) is 16.1. The summed E-state index contributed by atoms with van der Waals surface area (Å²) in [6.07, 6.45) is -0.556. The van der Waals surface area contributed by atoms with Gasteiger partial charge in [-0.3, -0.25) is 9.69 Å². The van der Waals surface area contributed by atoms with Crippen LogP contribution in [0.3, 0.4) is 0 Å². The molecule has 3 rings (SSSR count). The summed E-state index contributed by atoms with van der Waals surface area (Å²) in [6.45, 7) is 7.04. The molecule has 0 radical (unpaired) electrons. The van der Waals surface area contributed by atoms with Crippen molar-refractivity contribution >= 4 is 23.4 Å². The number of rotatable bonds is 6. The predicted octanol–water partition coefficient (Wildman–Crippen LogP) is 3.95. The Kier molecular flexibility index (Phi) is 6.58. The molecule has 1 N–H and O–H groups in total. The molecule has 0 aliphatic carbocycles. The zero-order valence-electron chi connectivity index (χ0n) is 15.4. The Morgan fingerprint density at radius 2 is 1.88 bits per heavy atom. The molecule has 4 nitrogen and oxygen atoms in total. The monoisotopic (exact) mass is 370 g/mol. The van der Waals surface area contributed by atoms with Crippen LogP contribution < -0.4 is 10.1 Å². The van der Waals surface area contributed by atoms with Gasteiger partial charge in [0.15, 0.2) is 6.10 Å². The van der Waals surface area contributed by atoms with E-state index in [9.17, 15) is 4.79 Å². The van der Waals surface area contributed by atoms with E-state index in [1.807, 2.05) is 54.2 Å². The molecule has 1 saturated heterocycles. The van der Waals surface area contributed by atoms with Gasteiger partial charge in [0, 0.05) is 36.8 Å². The third-order valence-electron chi connectivity index (χ3n) is 4.63. The van der Waals surface area contributed by atoms with Gasteiger partial charge in [0.1, 0.15) is 5.75 Å². The molecule has 1 heterocycles. The largest absolute Gasteiger partial charge is 0.481 e. The molecule has 26 heavy (non-hydrogen) atoms. The van der Waals surface area contributed by atoms with Gasteiger partial charge in [0.2, 0.25) is 0 Å². The van der Waals surface area contributed by atoms with Crippen LogP contribution in [-0.4, -0.2) is 41.5 Å². The highest BCUT2D eigenvalue weighted by Gasteiger charge is 2.17. The van der Waals surface area contributed by atoms with Gasteiger partial charge in [0.05, 0.1) is 0 Å². The third-order valence-corrected chi connectivity index (χ3v) is 5.57. The Hall–Kier alpha value is -1.98. The third kappa shape index (κ3) is 5.02. The molecule has 1 unspecified atom stereocenters. The van der Waals surface area contributed by atoms with Crippen molar-refractivity contribution < 1.29 is 9.53 Å². The maximum atomic E-state index is 12.5. The van der Waals surface area contributed by atoms with Crippen LogP contribution in [0.15, 0.2) is 48.5 Å². The second-order valence-corrected chi connectivity index (χ2v) is 7.77. The van der Waals surface area contributed by atoms with E-state index >= 15 is 0 Å². The number of ether oxygens (including phenoxy) is 1. The van der Waals surface area contributed by atoms with Crippen LogP contribution in [0.25, 0.3) is 0 Å². The van der Waals surface area contributed by atoms with E-state index in [2.05, 4.69) is 23.2 Å². The van der Waals surface area contributed by atoms with Gasteiger partial charge in [-0.2, -0.15) is 11.8 Å². The molecule has 1 amide bonds. The number of nitrogens with one attached hydrogen (secondary N) is 1. The van der Waals surface area contributed by atoms with Gasteiger partial charge >= 0.3 is 0 Å². The Labute approximate surface area is 159 Å². The van der Waals surface area contributed by atoms with Crippen molar-refractivity contribution in [2.24, 2.45) is 0 Å². The molecule has 5 heteroatoms. The number of amides is 1. The van der Waals surface area contributed by atoms with Gasteiger partial charge in [-0.05, 0) is 43.2 Å². The van der Waals surface area contributed by atoms with Crippen LogP contribution in [0.5, 0.6) is 5.75 Å². The van der Waals surface area contributed by atoms with Crippen LogP contribution >= 0.6 is 11.8 Å². The van der Waals surface area contributed by atoms with Crippen molar-refractivity contribution in [3.05, 3.63) is 59.7 Å². The quantitative estimate of drug-likeness (QED) is 0.836.